The van der Waals surface area contributed by atoms with Crippen molar-refractivity contribution in [3.63, 3.8) is 0 Å². The molecule has 0 bridgehead atoms. The number of hydrogen-bond acceptors (Lipinski definition) is 4. The standard InChI is InChI=1S/C15H27N3O3/c1-8(2)11(16)14(20)17-7-10(19)18-12-9-5-6-21-13(9)15(12,3)4/h8-9,11-13H,5-7,16H2,1-4H3,(H,17,20)(H,18,19)/t9?,11-,12?,13?/m0/s1. The molecule has 4 atom stereocenters. The number of fused-ring (bicyclic) bond motifs is 1. The van der Waals surface area contributed by atoms with Crippen LogP contribution >= 0.6 is 0 Å². The molecule has 0 aromatic carbocycles. The van der Waals surface area contributed by atoms with E-state index in [4.69, 9.17) is 10.5 Å². The molecule has 1 aliphatic carbocycles. The number of nitrogens with one attached hydrogen (secondary N) is 2. The van der Waals surface area contributed by atoms with Gasteiger partial charge in [-0.25, -0.2) is 0 Å². The first-order chi connectivity index (χ1) is 9.75. The van der Waals surface area contributed by atoms with Gasteiger partial charge in [0.1, 0.15) is 0 Å². The van der Waals surface area contributed by atoms with Gasteiger partial charge in [-0.1, -0.05) is 27.7 Å². The normalized spacial score (nSPS) is 31.2. The van der Waals surface area contributed by atoms with Crippen molar-refractivity contribution >= 4 is 11.8 Å². The number of hydrogen-bond donors (Lipinski definition) is 3. The van der Waals surface area contributed by atoms with Gasteiger partial charge in [-0.3, -0.25) is 9.59 Å². The lowest BCUT2D eigenvalue weighted by atomic mass is 9.57. The van der Waals surface area contributed by atoms with Gasteiger partial charge in [-0.15, -0.1) is 0 Å². The van der Waals surface area contributed by atoms with Gasteiger partial charge in [0.05, 0.1) is 18.7 Å². The average Bonchev–Trinajstić information content (AvgIpc) is 2.88. The van der Waals surface area contributed by atoms with Crippen LogP contribution in [0.15, 0.2) is 0 Å². The maximum absolute atomic E-state index is 12.0. The highest BCUT2D eigenvalue weighted by atomic mass is 16.5. The summed E-state index contributed by atoms with van der Waals surface area (Å²) in [7, 11) is 0. The molecule has 2 aliphatic rings. The van der Waals surface area contributed by atoms with Gasteiger partial charge >= 0.3 is 0 Å². The van der Waals surface area contributed by atoms with Crippen molar-refractivity contribution in [3.05, 3.63) is 0 Å². The van der Waals surface area contributed by atoms with Crippen LogP contribution in [0.3, 0.4) is 0 Å². The van der Waals surface area contributed by atoms with E-state index in [9.17, 15) is 9.59 Å². The quantitative estimate of drug-likeness (QED) is 0.666. The molecule has 1 saturated heterocycles. The van der Waals surface area contributed by atoms with Crippen LogP contribution in [0, 0.1) is 17.3 Å². The minimum absolute atomic E-state index is 0.0237. The van der Waals surface area contributed by atoms with E-state index in [0.29, 0.717) is 5.92 Å². The molecule has 0 aromatic rings. The Morgan fingerprint density at radius 2 is 2.05 bits per heavy atom. The summed E-state index contributed by atoms with van der Waals surface area (Å²) >= 11 is 0. The summed E-state index contributed by atoms with van der Waals surface area (Å²) in [5, 5.41) is 5.62. The minimum atomic E-state index is -0.578. The molecule has 1 saturated carbocycles. The fourth-order valence-corrected chi connectivity index (χ4v) is 3.43. The Kier molecular flexibility index (Phi) is 4.58. The number of carbonyl (C=O) groups excluding carboxylic acids is 2. The maximum Gasteiger partial charge on any atom is 0.239 e. The second-order valence-corrected chi connectivity index (χ2v) is 7.10. The first-order valence-corrected chi connectivity index (χ1v) is 7.69. The van der Waals surface area contributed by atoms with E-state index >= 15 is 0 Å². The zero-order chi connectivity index (χ0) is 15.8. The smallest absolute Gasteiger partial charge is 0.239 e. The summed E-state index contributed by atoms with van der Waals surface area (Å²) in [5.41, 5.74) is 5.69. The molecule has 6 heteroatoms. The van der Waals surface area contributed by atoms with Crippen LogP contribution in [0.25, 0.3) is 0 Å². The van der Waals surface area contributed by atoms with E-state index in [1.165, 1.54) is 0 Å². The van der Waals surface area contributed by atoms with E-state index in [1.807, 2.05) is 13.8 Å². The first kappa shape index (κ1) is 16.2. The largest absolute Gasteiger partial charge is 0.377 e. The van der Waals surface area contributed by atoms with Crippen LogP contribution in [0.5, 0.6) is 0 Å². The summed E-state index contributed by atoms with van der Waals surface area (Å²) in [6.45, 7) is 8.72. The van der Waals surface area contributed by atoms with Crippen LogP contribution < -0.4 is 16.4 Å². The molecule has 0 spiro atoms. The second kappa shape index (κ2) is 5.93. The molecular formula is C15H27N3O3. The Balaban J connectivity index is 1.79. The zero-order valence-corrected chi connectivity index (χ0v) is 13.3. The molecule has 1 aliphatic heterocycles. The number of carbonyl (C=O) groups is 2. The monoisotopic (exact) mass is 297 g/mol. The lowest BCUT2D eigenvalue weighted by Crippen LogP contribution is -2.67. The molecule has 2 rings (SSSR count). The molecule has 6 nitrogen and oxygen atoms in total. The highest BCUT2D eigenvalue weighted by Crippen LogP contribution is 2.51. The Hall–Kier alpha value is -1.14. The van der Waals surface area contributed by atoms with Crippen LogP contribution in [0.2, 0.25) is 0 Å². The zero-order valence-electron chi connectivity index (χ0n) is 13.3. The van der Waals surface area contributed by atoms with Crippen LogP contribution in [-0.4, -0.2) is 43.2 Å². The Bertz CT molecular complexity index is 422. The Morgan fingerprint density at radius 1 is 1.38 bits per heavy atom. The molecular weight excluding hydrogens is 270 g/mol. The third kappa shape index (κ3) is 3.06. The molecule has 3 unspecified atom stereocenters. The van der Waals surface area contributed by atoms with Gasteiger partial charge in [0.2, 0.25) is 11.8 Å². The summed E-state index contributed by atoms with van der Waals surface area (Å²) in [6.07, 6.45) is 1.23. The number of rotatable bonds is 5. The van der Waals surface area contributed by atoms with Gasteiger partial charge < -0.3 is 21.1 Å². The SMILES string of the molecule is CC(C)[C@H](N)C(=O)NCC(=O)NC1C2CCOC2C1(C)C. The van der Waals surface area contributed by atoms with Crippen molar-refractivity contribution in [2.75, 3.05) is 13.2 Å². The van der Waals surface area contributed by atoms with Gasteiger partial charge in [0, 0.05) is 24.0 Å². The van der Waals surface area contributed by atoms with Crippen LogP contribution in [-0.2, 0) is 14.3 Å². The minimum Gasteiger partial charge on any atom is -0.377 e. The van der Waals surface area contributed by atoms with Crippen molar-refractivity contribution in [1.82, 2.24) is 10.6 Å². The van der Waals surface area contributed by atoms with Crippen LogP contribution in [0.1, 0.15) is 34.1 Å². The van der Waals surface area contributed by atoms with Crippen LogP contribution in [0.4, 0.5) is 0 Å². The average molecular weight is 297 g/mol. The Morgan fingerprint density at radius 3 is 2.67 bits per heavy atom. The van der Waals surface area contributed by atoms with Crippen molar-refractivity contribution in [2.45, 2.75) is 52.3 Å². The predicted octanol–water partition coefficient (Wildman–Crippen LogP) is 0.0156. The topological polar surface area (TPSA) is 93.5 Å². The van der Waals surface area contributed by atoms with Gasteiger partial charge in [0.25, 0.3) is 0 Å². The number of nitrogens with two attached hydrogens (primary N) is 1. The van der Waals surface area contributed by atoms with E-state index in [0.717, 1.165) is 13.0 Å². The molecule has 0 radical (unpaired) electrons. The maximum atomic E-state index is 12.0. The summed E-state index contributed by atoms with van der Waals surface area (Å²) in [5.74, 6) is 0.00502. The summed E-state index contributed by atoms with van der Waals surface area (Å²) in [6, 6.07) is -0.460. The highest BCUT2D eigenvalue weighted by molar-refractivity contribution is 5.87. The summed E-state index contributed by atoms with van der Waals surface area (Å²) in [4.78, 5) is 23.7. The van der Waals surface area contributed by atoms with Gasteiger partial charge in [-0.05, 0) is 12.3 Å². The molecule has 4 N–H and O–H groups in total. The first-order valence-electron chi connectivity index (χ1n) is 7.69. The summed E-state index contributed by atoms with van der Waals surface area (Å²) < 4.78 is 5.70. The van der Waals surface area contributed by atoms with Crippen molar-refractivity contribution in [1.29, 1.82) is 0 Å². The molecule has 120 valence electrons. The lowest BCUT2D eigenvalue weighted by molar-refractivity contribution is -0.138. The fraction of sp³-hybridized carbons (Fsp3) is 0.867. The fourth-order valence-electron chi connectivity index (χ4n) is 3.43. The van der Waals surface area contributed by atoms with Crippen molar-refractivity contribution in [2.24, 2.45) is 23.0 Å². The third-order valence-corrected chi connectivity index (χ3v) is 4.86. The number of ether oxygens (including phenoxy) is 1. The molecule has 21 heavy (non-hydrogen) atoms. The highest BCUT2D eigenvalue weighted by Gasteiger charge is 2.59. The van der Waals surface area contributed by atoms with Gasteiger partial charge in [-0.2, -0.15) is 0 Å². The second-order valence-electron chi connectivity index (χ2n) is 7.10. The lowest BCUT2D eigenvalue weighted by Gasteiger charge is -2.54. The van der Waals surface area contributed by atoms with Crippen molar-refractivity contribution in [3.8, 4) is 0 Å². The van der Waals surface area contributed by atoms with E-state index in [-0.39, 0.29) is 41.8 Å². The number of amides is 2. The molecule has 2 fully saturated rings. The molecule has 0 aromatic heterocycles. The van der Waals surface area contributed by atoms with E-state index < -0.39 is 6.04 Å². The van der Waals surface area contributed by atoms with E-state index in [2.05, 4.69) is 24.5 Å². The van der Waals surface area contributed by atoms with E-state index in [1.54, 1.807) is 0 Å². The van der Waals surface area contributed by atoms with Gasteiger partial charge in [0.15, 0.2) is 0 Å². The Labute approximate surface area is 126 Å². The molecule has 1 heterocycles. The third-order valence-electron chi connectivity index (χ3n) is 4.86. The molecule has 2 amide bonds. The predicted molar refractivity (Wildman–Crippen MR) is 79.4 cm³/mol. The van der Waals surface area contributed by atoms with Crippen molar-refractivity contribution < 1.29 is 14.3 Å².